The molecule has 124 valence electrons. The fourth-order valence-corrected chi connectivity index (χ4v) is 3.22. The van der Waals surface area contributed by atoms with Gasteiger partial charge in [0.15, 0.2) is 0 Å². The number of amides is 2. The highest BCUT2D eigenvalue weighted by Gasteiger charge is 2.20. The second-order valence-electron chi connectivity index (χ2n) is 5.87. The van der Waals surface area contributed by atoms with Crippen LogP contribution in [0.4, 0.5) is 5.69 Å². The highest BCUT2D eigenvalue weighted by Crippen LogP contribution is 2.21. The van der Waals surface area contributed by atoms with Gasteiger partial charge in [-0.05, 0) is 49.6 Å². The maximum absolute atomic E-state index is 12.5. The maximum Gasteiger partial charge on any atom is 0.257 e. The Hall–Kier alpha value is -2.21. The van der Waals surface area contributed by atoms with Crippen molar-refractivity contribution >= 4 is 33.4 Å². The van der Waals surface area contributed by atoms with E-state index in [2.05, 4.69) is 26.2 Å². The number of carbonyl (C=O) groups excluding carboxylic acids is 2. The Labute approximate surface area is 149 Å². The van der Waals surface area contributed by atoms with E-state index in [0.717, 1.165) is 41.7 Å². The van der Waals surface area contributed by atoms with Crippen molar-refractivity contribution in [3.63, 3.8) is 0 Å². The molecule has 1 aliphatic heterocycles. The lowest BCUT2D eigenvalue weighted by Crippen LogP contribution is -2.28. The van der Waals surface area contributed by atoms with Crippen LogP contribution in [0.5, 0.6) is 0 Å². The molecule has 0 bridgehead atoms. The van der Waals surface area contributed by atoms with Gasteiger partial charge >= 0.3 is 0 Å². The number of aromatic nitrogens is 1. The molecule has 6 heteroatoms. The summed E-state index contributed by atoms with van der Waals surface area (Å²) >= 11 is 3.40. The molecule has 0 radical (unpaired) electrons. The van der Waals surface area contributed by atoms with Crippen LogP contribution < -0.4 is 5.32 Å². The quantitative estimate of drug-likeness (QED) is 0.874. The number of pyridine rings is 1. The number of nitrogens with one attached hydrogen (secondary N) is 1. The first kappa shape index (κ1) is 16.6. The third kappa shape index (κ3) is 3.64. The lowest BCUT2D eigenvalue weighted by atomic mass is 10.1. The van der Waals surface area contributed by atoms with E-state index in [9.17, 15) is 9.59 Å². The van der Waals surface area contributed by atoms with Gasteiger partial charge in [-0.25, -0.2) is 0 Å². The molecule has 2 amide bonds. The van der Waals surface area contributed by atoms with Crippen molar-refractivity contribution in [1.29, 1.82) is 0 Å². The Morgan fingerprint density at radius 3 is 2.54 bits per heavy atom. The largest absolute Gasteiger partial charge is 0.339 e. The zero-order valence-corrected chi connectivity index (χ0v) is 15.0. The van der Waals surface area contributed by atoms with Crippen molar-refractivity contribution < 1.29 is 9.59 Å². The minimum atomic E-state index is -0.274. The number of anilines is 1. The lowest BCUT2D eigenvalue weighted by Gasteiger charge is -2.15. The van der Waals surface area contributed by atoms with Crippen LogP contribution in [0, 0.1) is 6.92 Å². The zero-order chi connectivity index (χ0) is 17.1. The summed E-state index contributed by atoms with van der Waals surface area (Å²) in [5, 5.41) is 2.86. The van der Waals surface area contributed by atoms with Crippen LogP contribution in [0.25, 0.3) is 0 Å². The molecular weight excluding hydrogens is 370 g/mol. The number of likely N-dealkylation sites (tertiary alicyclic amines) is 1. The van der Waals surface area contributed by atoms with Gasteiger partial charge in [0, 0.05) is 35.6 Å². The topological polar surface area (TPSA) is 62.3 Å². The van der Waals surface area contributed by atoms with E-state index in [0.29, 0.717) is 11.1 Å². The molecule has 1 saturated heterocycles. The Balaban J connectivity index is 1.77. The van der Waals surface area contributed by atoms with Crippen molar-refractivity contribution in [2.45, 2.75) is 19.8 Å². The van der Waals surface area contributed by atoms with Crippen LogP contribution in [0.2, 0.25) is 0 Å². The molecule has 1 N–H and O–H groups in total. The summed E-state index contributed by atoms with van der Waals surface area (Å²) in [6.45, 7) is 3.46. The third-order valence-corrected chi connectivity index (χ3v) is 4.57. The van der Waals surface area contributed by atoms with Crippen LogP contribution in [0.15, 0.2) is 41.1 Å². The highest BCUT2D eigenvalue weighted by molar-refractivity contribution is 9.10. The summed E-state index contributed by atoms with van der Waals surface area (Å²) in [6.07, 6.45) is 5.05. The molecule has 5 nitrogen and oxygen atoms in total. The number of carbonyl (C=O) groups is 2. The average Bonchev–Trinajstić information content (AvgIpc) is 3.11. The molecular formula is C18H18BrN3O2. The summed E-state index contributed by atoms with van der Waals surface area (Å²) in [6, 6.07) is 7.25. The molecule has 0 saturated carbocycles. The molecule has 0 spiro atoms. The number of nitrogens with zero attached hydrogens (tertiary/aromatic N) is 2. The van der Waals surface area contributed by atoms with E-state index in [4.69, 9.17) is 0 Å². The van der Waals surface area contributed by atoms with E-state index >= 15 is 0 Å². The van der Waals surface area contributed by atoms with Crippen molar-refractivity contribution in [1.82, 2.24) is 9.88 Å². The molecule has 2 aromatic rings. The Kier molecular flexibility index (Phi) is 4.94. The zero-order valence-electron chi connectivity index (χ0n) is 13.4. The number of aryl methyl sites for hydroxylation is 1. The number of benzene rings is 1. The molecule has 1 aromatic carbocycles. The summed E-state index contributed by atoms with van der Waals surface area (Å²) in [5.74, 6) is -0.335. The molecule has 1 aromatic heterocycles. The fraction of sp³-hybridized carbons (Fsp3) is 0.278. The average molecular weight is 388 g/mol. The molecule has 0 aliphatic carbocycles. The number of hydrogen-bond donors (Lipinski definition) is 1. The van der Waals surface area contributed by atoms with Gasteiger partial charge in [0.05, 0.1) is 11.1 Å². The number of halogens is 1. The maximum atomic E-state index is 12.5. The Morgan fingerprint density at radius 2 is 1.83 bits per heavy atom. The lowest BCUT2D eigenvalue weighted by molar-refractivity contribution is 0.0792. The van der Waals surface area contributed by atoms with E-state index in [1.54, 1.807) is 11.0 Å². The highest BCUT2D eigenvalue weighted by atomic mass is 79.9. The second-order valence-corrected chi connectivity index (χ2v) is 6.79. The molecule has 0 atom stereocenters. The van der Waals surface area contributed by atoms with Crippen LogP contribution in [-0.4, -0.2) is 34.8 Å². The molecule has 0 unspecified atom stereocenters. The standard InChI is InChI=1S/C18H18BrN3O2/c1-12-8-15(19)4-5-16(12)21-17(23)13-9-14(11-20-10-13)18(24)22-6-2-3-7-22/h4-5,8-11H,2-3,6-7H2,1H3,(H,21,23). The van der Waals surface area contributed by atoms with Crippen LogP contribution >= 0.6 is 15.9 Å². The third-order valence-electron chi connectivity index (χ3n) is 4.08. The van der Waals surface area contributed by atoms with Gasteiger partial charge in [-0.2, -0.15) is 0 Å². The van der Waals surface area contributed by atoms with E-state index in [1.807, 2.05) is 25.1 Å². The van der Waals surface area contributed by atoms with Crippen LogP contribution in [0.3, 0.4) is 0 Å². The first-order valence-electron chi connectivity index (χ1n) is 7.86. The van der Waals surface area contributed by atoms with Crippen molar-refractivity contribution in [2.75, 3.05) is 18.4 Å². The molecule has 2 heterocycles. The monoisotopic (exact) mass is 387 g/mol. The van der Waals surface area contributed by atoms with E-state index in [-0.39, 0.29) is 11.8 Å². The van der Waals surface area contributed by atoms with Gasteiger partial charge in [-0.1, -0.05) is 15.9 Å². The predicted molar refractivity (Wildman–Crippen MR) is 96.2 cm³/mol. The Morgan fingerprint density at radius 1 is 1.12 bits per heavy atom. The van der Waals surface area contributed by atoms with Crippen LogP contribution in [0.1, 0.15) is 39.1 Å². The first-order chi connectivity index (χ1) is 11.5. The number of rotatable bonds is 3. The number of hydrogen-bond acceptors (Lipinski definition) is 3. The summed E-state index contributed by atoms with van der Waals surface area (Å²) < 4.78 is 0.956. The second kappa shape index (κ2) is 7.13. The summed E-state index contributed by atoms with van der Waals surface area (Å²) in [4.78, 5) is 30.7. The van der Waals surface area contributed by atoms with Crippen LogP contribution in [-0.2, 0) is 0 Å². The van der Waals surface area contributed by atoms with Crippen molar-refractivity contribution in [3.05, 3.63) is 57.8 Å². The Bertz CT molecular complexity index is 786. The van der Waals surface area contributed by atoms with E-state index < -0.39 is 0 Å². The SMILES string of the molecule is Cc1cc(Br)ccc1NC(=O)c1cncc(C(=O)N2CCCC2)c1. The van der Waals surface area contributed by atoms with Gasteiger partial charge in [0.25, 0.3) is 11.8 Å². The summed E-state index contributed by atoms with van der Waals surface area (Å²) in [5.41, 5.74) is 2.52. The minimum absolute atomic E-state index is 0.0607. The van der Waals surface area contributed by atoms with Gasteiger partial charge in [-0.3, -0.25) is 14.6 Å². The van der Waals surface area contributed by atoms with Gasteiger partial charge in [0.1, 0.15) is 0 Å². The molecule has 1 aliphatic rings. The predicted octanol–water partition coefficient (Wildman–Crippen LogP) is 3.64. The van der Waals surface area contributed by atoms with Gasteiger partial charge < -0.3 is 10.2 Å². The smallest absolute Gasteiger partial charge is 0.257 e. The van der Waals surface area contributed by atoms with Crippen molar-refractivity contribution in [3.8, 4) is 0 Å². The normalized spacial score (nSPS) is 13.8. The molecule has 3 rings (SSSR count). The fourth-order valence-electron chi connectivity index (χ4n) is 2.75. The van der Waals surface area contributed by atoms with Gasteiger partial charge in [0.2, 0.25) is 0 Å². The van der Waals surface area contributed by atoms with Crippen molar-refractivity contribution in [2.24, 2.45) is 0 Å². The van der Waals surface area contributed by atoms with Gasteiger partial charge in [-0.15, -0.1) is 0 Å². The molecule has 24 heavy (non-hydrogen) atoms. The minimum Gasteiger partial charge on any atom is -0.339 e. The van der Waals surface area contributed by atoms with E-state index in [1.165, 1.54) is 12.4 Å². The summed E-state index contributed by atoms with van der Waals surface area (Å²) in [7, 11) is 0. The molecule has 1 fully saturated rings. The first-order valence-corrected chi connectivity index (χ1v) is 8.66.